The summed E-state index contributed by atoms with van der Waals surface area (Å²) in [6.45, 7) is 7.38. The zero-order chi connectivity index (χ0) is 10.3. The maximum atomic E-state index is 10.7. The lowest BCUT2D eigenvalue weighted by molar-refractivity contribution is -0.151. The summed E-state index contributed by atoms with van der Waals surface area (Å²) in [5.41, 5.74) is 0. The molecule has 1 N–H and O–H groups in total. The van der Waals surface area contributed by atoms with Crippen LogP contribution in [0.15, 0.2) is 24.8 Å². The third-order valence-electron chi connectivity index (χ3n) is 1.61. The average molecular weight is 184 g/mol. The Kier molecular flexibility index (Phi) is 5.89. The van der Waals surface area contributed by atoms with Crippen LogP contribution in [0.5, 0.6) is 0 Å². The molecule has 0 bridgehead atoms. The standard InChI is InChI=1S/C10H16O3/c1-4-6-8(3)9(10(11)12)13-7-5-2/h4-6,8-9H,2,7H2,1,3H3,(H,11,12)/b6-4+/t8-,9+/m0/s1. The van der Waals surface area contributed by atoms with E-state index in [1.165, 1.54) is 0 Å². The van der Waals surface area contributed by atoms with Crippen molar-refractivity contribution in [1.82, 2.24) is 0 Å². The van der Waals surface area contributed by atoms with E-state index >= 15 is 0 Å². The zero-order valence-electron chi connectivity index (χ0n) is 8.06. The van der Waals surface area contributed by atoms with Gasteiger partial charge < -0.3 is 9.84 Å². The molecule has 0 aromatic heterocycles. The molecule has 0 unspecified atom stereocenters. The maximum absolute atomic E-state index is 10.7. The van der Waals surface area contributed by atoms with Crippen molar-refractivity contribution in [3.63, 3.8) is 0 Å². The van der Waals surface area contributed by atoms with Gasteiger partial charge in [0.1, 0.15) is 0 Å². The van der Waals surface area contributed by atoms with Crippen molar-refractivity contribution < 1.29 is 14.6 Å². The second-order valence-electron chi connectivity index (χ2n) is 2.77. The summed E-state index contributed by atoms with van der Waals surface area (Å²) in [7, 11) is 0. The number of ether oxygens (including phenoxy) is 1. The Morgan fingerprint density at radius 2 is 2.31 bits per heavy atom. The predicted molar refractivity (Wildman–Crippen MR) is 51.6 cm³/mol. The molecule has 0 aromatic carbocycles. The molecule has 3 nitrogen and oxygen atoms in total. The van der Waals surface area contributed by atoms with E-state index in [2.05, 4.69) is 6.58 Å². The molecule has 0 aromatic rings. The Labute approximate surface area is 78.7 Å². The van der Waals surface area contributed by atoms with Crippen LogP contribution in [-0.4, -0.2) is 23.8 Å². The summed E-state index contributed by atoms with van der Waals surface area (Å²) in [6, 6.07) is 0. The number of allylic oxidation sites excluding steroid dienone is 1. The summed E-state index contributed by atoms with van der Waals surface area (Å²) in [4.78, 5) is 10.7. The summed E-state index contributed by atoms with van der Waals surface area (Å²) in [5, 5.41) is 8.80. The van der Waals surface area contributed by atoms with Crippen molar-refractivity contribution >= 4 is 5.97 Å². The van der Waals surface area contributed by atoms with Gasteiger partial charge >= 0.3 is 5.97 Å². The van der Waals surface area contributed by atoms with E-state index in [1.807, 2.05) is 26.0 Å². The molecule has 13 heavy (non-hydrogen) atoms. The normalized spacial score (nSPS) is 15.5. The van der Waals surface area contributed by atoms with E-state index in [0.29, 0.717) is 0 Å². The SMILES string of the molecule is C=CCO[C@@H](C(=O)O)[C@@H](C)/C=C/C. The number of carboxylic acids is 1. The fourth-order valence-corrected chi connectivity index (χ4v) is 1.02. The van der Waals surface area contributed by atoms with Crippen LogP contribution in [0.1, 0.15) is 13.8 Å². The first kappa shape index (κ1) is 11.9. The zero-order valence-corrected chi connectivity index (χ0v) is 8.06. The Balaban J connectivity index is 4.22. The lowest BCUT2D eigenvalue weighted by Gasteiger charge is -2.16. The molecule has 0 fully saturated rings. The first-order valence-corrected chi connectivity index (χ1v) is 4.21. The van der Waals surface area contributed by atoms with E-state index < -0.39 is 12.1 Å². The van der Waals surface area contributed by atoms with Gasteiger partial charge in [-0.25, -0.2) is 4.79 Å². The molecule has 0 saturated heterocycles. The number of hydrogen-bond acceptors (Lipinski definition) is 2. The van der Waals surface area contributed by atoms with E-state index in [9.17, 15) is 4.79 Å². The van der Waals surface area contributed by atoms with Crippen molar-refractivity contribution in [2.75, 3.05) is 6.61 Å². The Hall–Kier alpha value is -1.09. The van der Waals surface area contributed by atoms with Gasteiger partial charge in [-0.15, -0.1) is 6.58 Å². The van der Waals surface area contributed by atoms with Gasteiger partial charge in [0.05, 0.1) is 6.61 Å². The van der Waals surface area contributed by atoms with Gasteiger partial charge in [-0.3, -0.25) is 0 Å². The minimum Gasteiger partial charge on any atom is -0.479 e. The summed E-state index contributed by atoms with van der Waals surface area (Å²) >= 11 is 0. The van der Waals surface area contributed by atoms with Gasteiger partial charge in [-0.05, 0) is 6.92 Å². The highest BCUT2D eigenvalue weighted by atomic mass is 16.5. The highest BCUT2D eigenvalue weighted by molar-refractivity contribution is 5.73. The molecular formula is C10H16O3. The van der Waals surface area contributed by atoms with Gasteiger partial charge in [-0.1, -0.05) is 25.2 Å². The highest BCUT2D eigenvalue weighted by Gasteiger charge is 2.22. The van der Waals surface area contributed by atoms with Crippen molar-refractivity contribution in [3.8, 4) is 0 Å². The minimum atomic E-state index is -0.938. The van der Waals surface area contributed by atoms with Gasteiger partial charge in [0.25, 0.3) is 0 Å². The molecule has 0 heterocycles. The van der Waals surface area contributed by atoms with Crippen LogP contribution < -0.4 is 0 Å². The smallest absolute Gasteiger partial charge is 0.333 e. The molecule has 2 atom stereocenters. The molecule has 0 aliphatic heterocycles. The van der Waals surface area contributed by atoms with Crippen LogP contribution in [0.2, 0.25) is 0 Å². The van der Waals surface area contributed by atoms with Gasteiger partial charge in [-0.2, -0.15) is 0 Å². The Morgan fingerprint density at radius 3 is 2.69 bits per heavy atom. The van der Waals surface area contributed by atoms with Crippen LogP contribution >= 0.6 is 0 Å². The molecule has 0 radical (unpaired) electrons. The van der Waals surface area contributed by atoms with Crippen LogP contribution in [0, 0.1) is 5.92 Å². The number of hydrogen-bond donors (Lipinski definition) is 1. The maximum Gasteiger partial charge on any atom is 0.333 e. The Morgan fingerprint density at radius 1 is 1.69 bits per heavy atom. The predicted octanol–water partition coefficient (Wildman–Crippen LogP) is 1.85. The number of rotatable bonds is 6. The van der Waals surface area contributed by atoms with Crippen molar-refractivity contribution in [1.29, 1.82) is 0 Å². The molecular weight excluding hydrogens is 168 g/mol. The second-order valence-corrected chi connectivity index (χ2v) is 2.77. The molecule has 0 aliphatic carbocycles. The number of carbonyl (C=O) groups is 1. The molecule has 0 saturated carbocycles. The highest BCUT2D eigenvalue weighted by Crippen LogP contribution is 2.09. The van der Waals surface area contributed by atoms with E-state index in [4.69, 9.17) is 9.84 Å². The van der Waals surface area contributed by atoms with E-state index in [0.717, 1.165) is 0 Å². The van der Waals surface area contributed by atoms with Crippen LogP contribution in [0.25, 0.3) is 0 Å². The van der Waals surface area contributed by atoms with Gasteiger partial charge in [0.2, 0.25) is 0 Å². The average Bonchev–Trinajstić information content (AvgIpc) is 2.05. The van der Waals surface area contributed by atoms with Crippen molar-refractivity contribution in [3.05, 3.63) is 24.8 Å². The molecule has 0 spiro atoms. The van der Waals surface area contributed by atoms with Crippen LogP contribution in [0.3, 0.4) is 0 Å². The van der Waals surface area contributed by atoms with Gasteiger partial charge in [0.15, 0.2) is 6.10 Å². The third kappa shape index (κ3) is 4.48. The van der Waals surface area contributed by atoms with Gasteiger partial charge in [0, 0.05) is 5.92 Å². The number of carboxylic acid groups (broad SMARTS) is 1. The Bertz CT molecular complexity index is 196. The summed E-state index contributed by atoms with van der Waals surface area (Å²) in [6.07, 6.45) is 4.38. The molecule has 0 rings (SSSR count). The topological polar surface area (TPSA) is 46.5 Å². The van der Waals surface area contributed by atoms with Crippen molar-refractivity contribution in [2.45, 2.75) is 20.0 Å². The first-order valence-electron chi connectivity index (χ1n) is 4.21. The lowest BCUT2D eigenvalue weighted by atomic mass is 10.0. The summed E-state index contributed by atoms with van der Waals surface area (Å²) < 4.78 is 5.10. The van der Waals surface area contributed by atoms with Crippen LogP contribution in [0.4, 0.5) is 0 Å². The third-order valence-corrected chi connectivity index (χ3v) is 1.61. The quantitative estimate of drug-likeness (QED) is 0.641. The van der Waals surface area contributed by atoms with E-state index in [1.54, 1.807) is 6.08 Å². The molecule has 0 aliphatic rings. The fourth-order valence-electron chi connectivity index (χ4n) is 1.02. The van der Waals surface area contributed by atoms with Crippen molar-refractivity contribution in [2.24, 2.45) is 5.92 Å². The summed E-state index contributed by atoms with van der Waals surface area (Å²) in [5.74, 6) is -1.06. The fraction of sp³-hybridized carbons (Fsp3) is 0.500. The van der Waals surface area contributed by atoms with Crippen LogP contribution in [-0.2, 0) is 9.53 Å². The molecule has 74 valence electrons. The first-order chi connectivity index (χ1) is 6.13. The lowest BCUT2D eigenvalue weighted by Crippen LogP contribution is -2.30. The number of aliphatic carboxylic acids is 1. The molecule has 0 amide bonds. The van der Waals surface area contributed by atoms with E-state index in [-0.39, 0.29) is 12.5 Å². The monoisotopic (exact) mass is 184 g/mol. The second kappa shape index (κ2) is 6.43. The minimum absolute atomic E-state index is 0.123. The largest absolute Gasteiger partial charge is 0.479 e. The molecule has 3 heteroatoms.